The van der Waals surface area contributed by atoms with Gasteiger partial charge in [-0.25, -0.2) is 8.78 Å². The zero-order valence-electron chi connectivity index (χ0n) is 22.5. The van der Waals surface area contributed by atoms with Crippen molar-refractivity contribution in [3.05, 3.63) is 62.5 Å². The van der Waals surface area contributed by atoms with E-state index in [-0.39, 0.29) is 34.3 Å². The maximum absolute atomic E-state index is 13.9. The third-order valence-electron chi connectivity index (χ3n) is 5.47. The molecule has 4 rings (SSSR count). The molecule has 0 fully saturated rings. The number of rotatable bonds is 7. The van der Waals surface area contributed by atoms with E-state index in [1.807, 2.05) is 27.7 Å². The zero-order chi connectivity index (χ0) is 28.4. The average molecular weight is 553 g/mol. The molecule has 0 saturated heterocycles. The van der Waals surface area contributed by atoms with Crippen molar-refractivity contribution in [1.82, 2.24) is 19.7 Å². The fraction of sp³-hybridized carbons (Fsp3) is 0.462. The molecule has 9 nitrogen and oxygen atoms in total. The fourth-order valence-corrected chi connectivity index (χ4v) is 4.45. The van der Waals surface area contributed by atoms with Crippen molar-refractivity contribution in [2.45, 2.75) is 46.7 Å². The van der Waals surface area contributed by atoms with Crippen LogP contribution in [-0.2, 0) is 22.4 Å². The number of nitrogens with zero attached hydrogens (tertiary/aromatic N) is 4. The van der Waals surface area contributed by atoms with E-state index in [2.05, 4.69) is 19.7 Å². The molecule has 0 bridgehead atoms. The first-order valence-electron chi connectivity index (χ1n) is 12.2. The minimum Gasteiger partial charge on any atom is -0.503 e. The number of hydrogen-bond acceptors (Lipinski definition) is 8. The summed E-state index contributed by atoms with van der Waals surface area (Å²) in [5.74, 6) is -2.38. The molecule has 1 aromatic carbocycles. The van der Waals surface area contributed by atoms with Gasteiger partial charge in [0.1, 0.15) is 16.6 Å². The second-order valence-electron chi connectivity index (χ2n) is 8.25. The second kappa shape index (κ2) is 14.6. The van der Waals surface area contributed by atoms with Gasteiger partial charge < -0.3 is 24.0 Å². The summed E-state index contributed by atoms with van der Waals surface area (Å²) in [6, 6.07) is 3.23. The van der Waals surface area contributed by atoms with Crippen LogP contribution >= 0.6 is 11.3 Å². The monoisotopic (exact) mass is 552 g/mol. The number of ether oxygens (including phenoxy) is 2. The summed E-state index contributed by atoms with van der Waals surface area (Å²) in [6.07, 6.45) is 1.58. The number of aromatic hydroxyl groups is 1. The molecule has 3 heterocycles. The third-order valence-corrected chi connectivity index (χ3v) is 6.43. The van der Waals surface area contributed by atoms with Gasteiger partial charge in [0.15, 0.2) is 16.5 Å². The first-order chi connectivity index (χ1) is 18.2. The van der Waals surface area contributed by atoms with Crippen molar-refractivity contribution in [2.24, 2.45) is 0 Å². The van der Waals surface area contributed by atoms with Gasteiger partial charge in [0, 0.05) is 52.0 Å². The molecule has 208 valence electrons. The number of hydrogen-bond donors (Lipinski definition) is 1. The Bertz CT molecular complexity index is 1280. The number of carbonyl (C=O) groups excluding carboxylic acids is 1. The highest BCUT2D eigenvalue weighted by Gasteiger charge is 2.31. The minimum absolute atomic E-state index is 0.0400. The van der Waals surface area contributed by atoms with Crippen LogP contribution < -0.4 is 5.43 Å². The van der Waals surface area contributed by atoms with Gasteiger partial charge in [-0.05, 0) is 25.5 Å². The Kier molecular flexibility index (Phi) is 11.9. The predicted molar refractivity (Wildman–Crippen MR) is 142 cm³/mol. The molecular weight excluding hydrogens is 518 g/mol. The predicted octanol–water partition coefficient (Wildman–Crippen LogP) is 4.11. The zero-order valence-corrected chi connectivity index (χ0v) is 23.3. The van der Waals surface area contributed by atoms with Gasteiger partial charge in [0.05, 0.1) is 18.8 Å². The molecular formula is C26H34F2N4O5S. The van der Waals surface area contributed by atoms with Crippen molar-refractivity contribution in [1.29, 1.82) is 0 Å². The smallest absolute Gasteiger partial charge is 0.274 e. The van der Waals surface area contributed by atoms with Crippen molar-refractivity contribution in [3.8, 4) is 16.3 Å². The van der Waals surface area contributed by atoms with Gasteiger partial charge in [0.2, 0.25) is 5.43 Å². The molecule has 1 aliphatic rings. The van der Waals surface area contributed by atoms with Crippen LogP contribution in [-0.4, -0.2) is 70.7 Å². The molecule has 38 heavy (non-hydrogen) atoms. The standard InChI is InChI=1S/C20H18F2N4O3S.C4H10O2.C2H6/c1-10(2)26-6-5-25-9-13(17(27)18(28)16(25)20(26)29)19-24-23-15(30-19)7-11-3-4-12(21)8-14(11)22;1-5-3-4-6-2;1-2/h3-4,8-10,28H,5-7H2,1-2H3;3-4H2,1-2H3;1-2H3. The lowest BCUT2D eigenvalue weighted by atomic mass is 10.1. The summed E-state index contributed by atoms with van der Waals surface area (Å²) in [7, 11) is 3.30. The molecule has 1 aliphatic heterocycles. The number of methoxy groups -OCH3 is 2. The number of halogens is 2. The summed E-state index contributed by atoms with van der Waals surface area (Å²) in [4.78, 5) is 27.0. The van der Waals surface area contributed by atoms with Crippen molar-refractivity contribution < 1.29 is 28.2 Å². The van der Waals surface area contributed by atoms with Gasteiger partial charge in [-0.1, -0.05) is 31.3 Å². The van der Waals surface area contributed by atoms with Gasteiger partial charge >= 0.3 is 0 Å². The maximum atomic E-state index is 13.9. The summed E-state index contributed by atoms with van der Waals surface area (Å²) in [5.41, 5.74) is -0.383. The summed E-state index contributed by atoms with van der Waals surface area (Å²) in [6.45, 7) is 9.99. The van der Waals surface area contributed by atoms with E-state index >= 15 is 0 Å². The average Bonchev–Trinajstić information content (AvgIpc) is 3.36. The van der Waals surface area contributed by atoms with Gasteiger partial charge in [-0.3, -0.25) is 9.59 Å². The highest BCUT2D eigenvalue weighted by atomic mass is 32.1. The second-order valence-corrected chi connectivity index (χ2v) is 9.32. The van der Waals surface area contributed by atoms with Crippen LogP contribution in [0.5, 0.6) is 5.75 Å². The Hall–Kier alpha value is -3.22. The third kappa shape index (κ3) is 7.42. The Labute approximate surface area is 224 Å². The van der Waals surface area contributed by atoms with E-state index in [0.29, 0.717) is 31.3 Å². The number of amides is 1. The van der Waals surface area contributed by atoms with Gasteiger partial charge in [0.25, 0.3) is 5.91 Å². The number of carbonyl (C=O) groups is 1. The van der Waals surface area contributed by atoms with E-state index in [1.165, 1.54) is 12.3 Å². The first-order valence-corrected chi connectivity index (χ1v) is 13.0. The van der Waals surface area contributed by atoms with Crippen LogP contribution in [0.1, 0.15) is 48.8 Å². The quantitative estimate of drug-likeness (QED) is 0.440. The normalized spacial score (nSPS) is 12.4. The van der Waals surface area contributed by atoms with E-state index in [9.17, 15) is 23.5 Å². The minimum atomic E-state index is -0.712. The fourth-order valence-electron chi connectivity index (χ4n) is 3.58. The van der Waals surface area contributed by atoms with Crippen LogP contribution in [0, 0.1) is 11.6 Å². The first kappa shape index (κ1) is 31.0. The molecule has 3 aromatic rings. The Balaban J connectivity index is 0.000000560. The topological polar surface area (TPSA) is 107 Å². The number of aromatic nitrogens is 3. The van der Waals surface area contributed by atoms with E-state index < -0.39 is 28.7 Å². The Morgan fingerprint density at radius 2 is 1.74 bits per heavy atom. The molecule has 0 saturated carbocycles. The van der Waals surface area contributed by atoms with Crippen LogP contribution in [0.4, 0.5) is 8.78 Å². The van der Waals surface area contributed by atoms with Crippen LogP contribution in [0.3, 0.4) is 0 Å². The number of benzene rings is 1. The lowest BCUT2D eigenvalue weighted by molar-refractivity contribution is 0.0642. The maximum Gasteiger partial charge on any atom is 0.274 e. The largest absolute Gasteiger partial charge is 0.503 e. The molecule has 0 spiro atoms. The summed E-state index contributed by atoms with van der Waals surface area (Å²) in [5, 5.41) is 19.1. The molecule has 0 unspecified atom stereocenters. The lowest BCUT2D eigenvalue weighted by Gasteiger charge is -2.33. The highest BCUT2D eigenvalue weighted by Crippen LogP contribution is 2.28. The Morgan fingerprint density at radius 1 is 1.08 bits per heavy atom. The Morgan fingerprint density at radius 3 is 2.32 bits per heavy atom. The van der Waals surface area contributed by atoms with Crippen LogP contribution in [0.2, 0.25) is 0 Å². The van der Waals surface area contributed by atoms with E-state index in [0.717, 1.165) is 23.5 Å². The van der Waals surface area contributed by atoms with Crippen molar-refractivity contribution >= 4 is 17.2 Å². The summed E-state index contributed by atoms with van der Waals surface area (Å²) >= 11 is 1.07. The summed E-state index contributed by atoms with van der Waals surface area (Å²) < 4.78 is 37.8. The van der Waals surface area contributed by atoms with E-state index in [1.54, 1.807) is 23.7 Å². The molecule has 1 N–H and O–H groups in total. The molecule has 0 atom stereocenters. The molecule has 12 heteroatoms. The number of pyridine rings is 1. The van der Waals surface area contributed by atoms with Crippen LogP contribution in [0.25, 0.3) is 10.6 Å². The molecule has 2 aromatic heterocycles. The van der Waals surface area contributed by atoms with Gasteiger partial charge in [-0.15, -0.1) is 10.2 Å². The number of fused-ring (bicyclic) bond motifs is 1. The SMILES string of the molecule is CC.CC(C)N1CCn2cc(-c3nnc(Cc4ccc(F)cc4F)s3)c(=O)c(O)c2C1=O.COCCOC. The molecule has 1 amide bonds. The van der Waals surface area contributed by atoms with E-state index in [4.69, 9.17) is 0 Å². The molecule has 0 radical (unpaired) electrons. The van der Waals surface area contributed by atoms with Crippen molar-refractivity contribution in [2.75, 3.05) is 34.0 Å². The molecule has 0 aliphatic carbocycles. The van der Waals surface area contributed by atoms with Crippen LogP contribution in [0.15, 0.2) is 29.2 Å². The lowest BCUT2D eigenvalue weighted by Crippen LogP contribution is -2.45. The van der Waals surface area contributed by atoms with Crippen molar-refractivity contribution in [3.63, 3.8) is 0 Å². The van der Waals surface area contributed by atoms with Gasteiger partial charge in [-0.2, -0.15) is 0 Å². The highest BCUT2D eigenvalue weighted by molar-refractivity contribution is 7.14.